The van der Waals surface area contributed by atoms with E-state index < -0.39 is 0 Å². The third kappa shape index (κ3) is 1.48. The van der Waals surface area contributed by atoms with Crippen molar-refractivity contribution in [2.45, 2.75) is 6.61 Å². The lowest BCUT2D eigenvalue weighted by Crippen LogP contribution is -1.87. The zero-order chi connectivity index (χ0) is 8.27. The molecule has 0 spiro atoms. The molecule has 0 fully saturated rings. The Kier molecular flexibility index (Phi) is 2.09. The number of aliphatic hydroxyl groups is 1. The van der Waals surface area contributed by atoms with Gasteiger partial charge in [-0.3, -0.25) is 0 Å². The van der Waals surface area contributed by atoms with Crippen molar-refractivity contribution in [2.75, 3.05) is 0 Å². The molecule has 2 N–H and O–H groups in total. The van der Waals surface area contributed by atoms with Gasteiger partial charge in [-0.15, -0.1) is 0 Å². The van der Waals surface area contributed by atoms with E-state index in [2.05, 4.69) is 0 Å². The second-order valence-corrected chi connectivity index (χ2v) is 2.11. The number of rotatable bonds is 1. The Morgan fingerprint density at radius 3 is 2.73 bits per heavy atom. The van der Waals surface area contributed by atoms with Gasteiger partial charge in [0.25, 0.3) is 0 Å². The summed E-state index contributed by atoms with van der Waals surface area (Å²) in [6, 6.07) is 6.16. The Bertz CT molecular complexity index is 301. The van der Waals surface area contributed by atoms with Gasteiger partial charge >= 0.3 is 0 Å². The maximum atomic E-state index is 8.94. The molecule has 1 rings (SSSR count). The second-order valence-electron chi connectivity index (χ2n) is 2.11. The Morgan fingerprint density at radius 1 is 1.45 bits per heavy atom. The molecule has 0 atom stereocenters. The zero-order valence-corrected chi connectivity index (χ0v) is 5.78. The average Bonchev–Trinajstić information content (AvgIpc) is 2.04. The lowest BCUT2D eigenvalue weighted by Gasteiger charge is -1.98. The third-order valence-electron chi connectivity index (χ3n) is 1.38. The highest BCUT2D eigenvalue weighted by Crippen LogP contribution is 2.15. The number of nitrogens with zero attached hydrogens (tertiary/aromatic N) is 1. The highest BCUT2D eigenvalue weighted by molar-refractivity contribution is 5.41. The summed E-state index contributed by atoms with van der Waals surface area (Å²) >= 11 is 0. The Labute approximate surface area is 64.1 Å². The normalized spacial score (nSPS) is 9.09. The van der Waals surface area contributed by atoms with Crippen LogP contribution in [0.3, 0.4) is 0 Å². The van der Waals surface area contributed by atoms with E-state index in [-0.39, 0.29) is 12.4 Å². The van der Waals surface area contributed by atoms with Crippen molar-refractivity contribution in [3.05, 3.63) is 29.3 Å². The van der Waals surface area contributed by atoms with E-state index in [9.17, 15) is 0 Å². The van der Waals surface area contributed by atoms with Crippen LogP contribution < -0.4 is 0 Å². The molecule has 0 bridgehead atoms. The van der Waals surface area contributed by atoms with Gasteiger partial charge in [-0.05, 0) is 23.8 Å². The molecule has 0 saturated carbocycles. The standard InChI is InChI=1S/C8H7NO2/c9-4-6-1-2-8(11)3-7(6)5-10/h1-3,10-11H,5H2. The molecule has 3 nitrogen and oxygen atoms in total. The summed E-state index contributed by atoms with van der Waals surface area (Å²) in [5.41, 5.74) is 0.845. The minimum absolute atomic E-state index is 0.0630. The maximum Gasteiger partial charge on any atom is 0.116 e. The number of aromatic hydroxyl groups is 1. The van der Waals surface area contributed by atoms with Crippen LogP contribution in [0.25, 0.3) is 0 Å². The van der Waals surface area contributed by atoms with E-state index in [4.69, 9.17) is 15.5 Å². The molecule has 1 aromatic rings. The molecule has 0 unspecified atom stereocenters. The number of aliphatic hydroxyl groups excluding tert-OH is 1. The fourth-order valence-corrected chi connectivity index (χ4v) is 0.820. The number of hydrogen-bond donors (Lipinski definition) is 2. The first-order valence-electron chi connectivity index (χ1n) is 3.11. The summed E-state index contributed by atoms with van der Waals surface area (Å²) in [5.74, 6) is 0.0630. The van der Waals surface area contributed by atoms with E-state index in [1.54, 1.807) is 0 Å². The largest absolute Gasteiger partial charge is 0.508 e. The molecule has 0 saturated heterocycles. The van der Waals surface area contributed by atoms with Gasteiger partial charge in [0.05, 0.1) is 18.2 Å². The van der Waals surface area contributed by atoms with Crippen molar-refractivity contribution in [1.82, 2.24) is 0 Å². The first-order valence-corrected chi connectivity index (χ1v) is 3.11. The number of hydrogen-bond acceptors (Lipinski definition) is 3. The second kappa shape index (κ2) is 3.04. The SMILES string of the molecule is N#Cc1ccc(O)cc1CO. The summed E-state index contributed by atoms with van der Waals surface area (Å²) < 4.78 is 0. The summed E-state index contributed by atoms with van der Waals surface area (Å²) in [4.78, 5) is 0. The van der Waals surface area contributed by atoms with Gasteiger partial charge in [0.15, 0.2) is 0 Å². The molecule has 0 heterocycles. The van der Waals surface area contributed by atoms with Gasteiger partial charge in [-0.1, -0.05) is 0 Å². The minimum atomic E-state index is -0.225. The number of benzene rings is 1. The summed E-state index contributed by atoms with van der Waals surface area (Å²) in [5, 5.41) is 26.2. The quantitative estimate of drug-likeness (QED) is 0.619. The molecule has 0 radical (unpaired) electrons. The van der Waals surface area contributed by atoms with E-state index in [0.717, 1.165) is 0 Å². The maximum absolute atomic E-state index is 8.94. The molecule has 0 amide bonds. The van der Waals surface area contributed by atoms with Gasteiger partial charge in [0, 0.05) is 0 Å². The number of phenolic OH excluding ortho intramolecular Hbond substituents is 1. The van der Waals surface area contributed by atoms with E-state index in [0.29, 0.717) is 11.1 Å². The molecule has 0 aromatic heterocycles. The van der Waals surface area contributed by atoms with Crippen molar-refractivity contribution in [1.29, 1.82) is 5.26 Å². The summed E-state index contributed by atoms with van der Waals surface area (Å²) in [6.45, 7) is -0.225. The van der Waals surface area contributed by atoms with Crippen LogP contribution in [0.2, 0.25) is 0 Å². The Hall–Kier alpha value is -1.53. The fourth-order valence-electron chi connectivity index (χ4n) is 0.820. The first kappa shape index (κ1) is 7.58. The van der Waals surface area contributed by atoms with Crippen LogP contribution in [0.5, 0.6) is 5.75 Å². The molecule has 3 heteroatoms. The van der Waals surface area contributed by atoms with Gasteiger partial charge in [-0.25, -0.2) is 0 Å². The summed E-state index contributed by atoms with van der Waals surface area (Å²) in [6.07, 6.45) is 0. The molecule has 0 aliphatic carbocycles. The number of phenols is 1. The van der Waals surface area contributed by atoms with Gasteiger partial charge < -0.3 is 10.2 Å². The fraction of sp³-hybridized carbons (Fsp3) is 0.125. The van der Waals surface area contributed by atoms with E-state index in [1.165, 1.54) is 18.2 Å². The smallest absolute Gasteiger partial charge is 0.116 e. The van der Waals surface area contributed by atoms with Crippen molar-refractivity contribution >= 4 is 0 Å². The van der Waals surface area contributed by atoms with Crippen LogP contribution >= 0.6 is 0 Å². The summed E-state index contributed by atoms with van der Waals surface area (Å²) in [7, 11) is 0. The molecular weight excluding hydrogens is 142 g/mol. The molecule has 0 aliphatic rings. The van der Waals surface area contributed by atoms with Crippen LogP contribution in [0.15, 0.2) is 18.2 Å². The Balaban J connectivity index is 3.19. The lowest BCUT2D eigenvalue weighted by molar-refractivity contribution is 0.281. The van der Waals surface area contributed by atoms with E-state index >= 15 is 0 Å². The van der Waals surface area contributed by atoms with Crippen LogP contribution in [-0.2, 0) is 6.61 Å². The van der Waals surface area contributed by atoms with E-state index in [1.807, 2.05) is 6.07 Å². The monoisotopic (exact) mass is 149 g/mol. The van der Waals surface area contributed by atoms with Crippen LogP contribution in [0.4, 0.5) is 0 Å². The number of nitriles is 1. The molecule has 0 aliphatic heterocycles. The van der Waals surface area contributed by atoms with Crippen LogP contribution in [0, 0.1) is 11.3 Å². The van der Waals surface area contributed by atoms with Crippen molar-refractivity contribution in [3.63, 3.8) is 0 Å². The Morgan fingerprint density at radius 2 is 2.18 bits per heavy atom. The van der Waals surface area contributed by atoms with Crippen LogP contribution in [0.1, 0.15) is 11.1 Å². The highest BCUT2D eigenvalue weighted by atomic mass is 16.3. The predicted molar refractivity (Wildman–Crippen MR) is 38.7 cm³/mol. The first-order chi connectivity index (χ1) is 5.27. The molecule has 56 valence electrons. The highest BCUT2D eigenvalue weighted by Gasteiger charge is 2.00. The minimum Gasteiger partial charge on any atom is -0.508 e. The van der Waals surface area contributed by atoms with Crippen molar-refractivity contribution in [3.8, 4) is 11.8 Å². The predicted octanol–water partition coefficient (Wildman–Crippen LogP) is 0.756. The average molecular weight is 149 g/mol. The topological polar surface area (TPSA) is 64.2 Å². The van der Waals surface area contributed by atoms with Crippen molar-refractivity contribution in [2.24, 2.45) is 0 Å². The lowest BCUT2D eigenvalue weighted by atomic mass is 10.1. The van der Waals surface area contributed by atoms with Gasteiger partial charge in [0.2, 0.25) is 0 Å². The van der Waals surface area contributed by atoms with Crippen LogP contribution in [-0.4, -0.2) is 10.2 Å². The zero-order valence-electron chi connectivity index (χ0n) is 5.78. The van der Waals surface area contributed by atoms with Gasteiger partial charge in [0.1, 0.15) is 5.75 Å². The molecule has 11 heavy (non-hydrogen) atoms. The molecule has 1 aromatic carbocycles. The van der Waals surface area contributed by atoms with Gasteiger partial charge in [-0.2, -0.15) is 5.26 Å². The molecular formula is C8H7NO2. The third-order valence-corrected chi connectivity index (χ3v) is 1.38. The van der Waals surface area contributed by atoms with Crippen molar-refractivity contribution < 1.29 is 10.2 Å².